The van der Waals surface area contributed by atoms with Crippen molar-refractivity contribution in [3.8, 4) is 0 Å². The Bertz CT molecular complexity index is 1140. The molecule has 4 nitrogen and oxygen atoms in total. The Morgan fingerprint density at radius 2 is 1.14 bits per heavy atom. The molecule has 0 saturated carbocycles. The van der Waals surface area contributed by atoms with Gasteiger partial charge in [-0.15, -0.1) is 0 Å². The van der Waals surface area contributed by atoms with E-state index in [4.69, 9.17) is 0 Å². The van der Waals surface area contributed by atoms with E-state index in [1.807, 2.05) is 0 Å². The van der Waals surface area contributed by atoms with Gasteiger partial charge in [0.1, 0.15) is 0 Å². The maximum absolute atomic E-state index is 10.6. The van der Waals surface area contributed by atoms with Crippen LogP contribution in [-0.2, 0) is 5.41 Å². The summed E-state index contributed by atoms with van der Waals surface area (Å²) in [5.41, 5.74) is 5.30. The molecule has 1 heterocycles. The molecule has 0 unspecified atom stereocenters. The lowest BCUT2D eigenvalue weighted by Crippen LogP contribution is -2.22. The molecule has 0 atom stereocenters. The SMILES string of the molecule is Cc1c[nH]c(=O)[nH]c1=O.c1ccc(C2(c3ccccc3)c3ccccc32)cc1. The zero-order valence-corrected chi connectivity index (χ0v) is 15.5. The molecule has 0 saturated heterocycles. The number of fused-ring (bicyclic) bond motifs is 1. The Labute approximate surface area is 162 Å². The van der Waals surface area contributed by atoms with Gasteiger partial charge in [-0.2, -0.15) is 0 Å². The molecule has 4 heteroatoms. The first-order valence-corrected chi connectivity index (χ1v) is 9.13. The average Bonchev–Trinajstić information content (AvgIpc) is 3.43. The minimum atomic E-state index is -0.467. The molecule has 0 amide bonds. The zero-order chi connectivity index (χ0) is 19.6. The van der Waals surface area contributed by atoms with E-state index < -0.39 is 5.69 Å². The van der Waals surface area contributed by atoms with Gasteiger partial charge in [0.05, 0.1) is 5.41 Å². The van der Waals surface area contributed by atoms with Crippen LogP contribution in [0, 0.1) is 6.92 Å². The van der Waals surface area contributed by atoms with Crippen LogP contribution in [0.5, 0.6) is 0 Å². The molecule has 4 aromatic rings. The van der Waals surface area contributed by atoms with Gasteiger partial charge in [0.25, 0.3) is 5.56 Å². The molecule has 1 aliphatic carbocycles. The minimum Gasteiger partial charge on any atom is -0.314 e. The summed E-state index contributed by atoms with van der Waals surface area (Å²) in [5, 5.41) is 0. The lowest BCUT2D eigenvalue weighted by molar-refractivity contribution is 0.913. The van der Waals surface area contributed by atoms with Crippen molar-refractivity contribution in [2.45, 2.75) is 12.3 Å². The van der Waals surface area contributed by atoms with Crippen molar-refractivity contribution in [2.24, 2.45) is 0 Å². The van der Waals surface area contributed by atoms with Crippen LogP contribution in [0.1, 0.15) is 27.8 Å². The summed E-state index contributed by atoms with van der Waals surface area (Å²) < 4.78 is 0. The van der Waals surface area contributed by atoms with E-state index in [2.05, 4.69) is 94.9 Å². The van der Waals surface area contributed by atoms with E-state index in [1.54, 1.807) is 6.92 Å². The zero-order valence-electron chi connectivity index (χ0n) is 15.5. The number of hydrogen-bond acceptors (Lipinski definition) is 2. The Balaban J connectivity index is 0.000000181. The molecule has 138 valence electrons. The van der Waals surface area contributed by atoms with E-state index in [0.29, 0.717) is 5.56 Å². The van der Waals surface area contributed by atoms with E-state index >= 15 is 0 Å². The molecule has 0 radical (unpaired) electrons. The van der Waals surface area contributed by atoms with Crippen molar-refractivity contribution in [1.29, 1.82) is 0 Å². The molecule has 0 aliphatic heterocycles. The molecule has 1 aromatic heterocycles. The normalized spacial score (nSPS) is 13.0. The second-order valence-corrected chi connectivity index (χ2v) is 6.78. The fourth-order valence-corrected chi connectivity index (χ4v) is 3.70. The predicted octanol–water partition coefficient (Wildman–Crippen LogP) is 3.75. The van der Waals surface area contributed by atoms with Crippen molar-refractivity contribution < 1.29 is 0 Å². The molecule has 0 spiro atoms. The number of H-pyrrole nitrogens is 2. The Hall–Kier alpha value is -3.66. The summed E-state index contributed by atoms with van der Waals surface area (Å²) in [6.45, 7) is 1.62. The Morgan fingerprint density at radius 3 is 1.57 bits per heavy atom. The number of hydrogen-bond donors (Lipinski definition) is 2. The fourth-order valence-electron chi connectivity index (χ4n) is 3.70. The smallest absolute Gasteiger partial charge is 0.314 e. The number of aromatic amines is 2. The Morgan fingerprint density at radius 1 is 0.679 bits per heavy atom. The molecular formula is C24H20N2O2. The van der Waals surface area contributed by atoms with Crippen molar-refractivity contribution in [2.75, 3.05) is 0 Å². The van der Waals surface area contributed by atoms with Gasteiger partial charge in [-0.25, -0.2) is 4.79 Å². The first-order chi connectivity index (χ1) is 13.6. The topological polar surface area (TPSA) is 65.7 Å². The summed E-state index contributed by atoms with van der Waals surface area (Å²) in [6.07, 6.45) is 1.38. The molecular weight excluding hydrogens is 348 g/mol. The molecule has 3 aromatic carbocycles. The van der Waals surface area contributed by atoms with Crippen molar-refractivity contribution in [3.05, 3.63) is 140 Å². The van der Waals surface area contributed by atoms with Crippen LogP contribution < -0.4 is 11.2 Å². The second kappa shape index (κ2) is 7.16. The van der Waals surface area contributed by atoms with Gasteiger partial charge >= 0.3 is 5.69 Å². The third-order valence-electron chi connectivity index (χ3n) is 5.09. The van der Waals surface area contributed by atoms with Gasteiger partial charge in [0.15, 0.2) is 0 Å². The van der Waals surface area contributed by atoms with Crippen LogP contribution in [0.2, 0.25) is 0 Å². The van der Waals surface area contributed by atoms with Crippen LogP contribution in [0.4, 0.5) is 0 Å². The highest BCUT2D eigenvalue weighted by atomic mass is 16.2. The number of nitrogens with one attached hydrogen (secondary N) is 2. The average molecular weight is 368 g/mol. The maximum atomic E-state index is 10.6. The third kappa shape index (κ3) is 2.99. The fraction of sp³-hybridized carbons (Fsp3) is 0.0833. The molecule has 28 heavy (non-hydrogen) atoms. The quantitative estimate of drug-likeness (QED) is 0.498. The summed E-state index contributed by atoms with van der Waals surface area (Å²) >= 11 is 0. The van der Waals surface area contributed by atoms with Crippen LogP contribution in [0.15, 0.2) is 101 Å². The lowest BCUT2D eigenvalue weighted by Gasteiger charge is -2.17. The van der Waals surface area contributed by atoms with Crippen molar-refractivity contribution in [3.63, 3.8) is 0 Å². The lowest BCUT2D eigenvalue weighted by atomic mass is 9.84. The van der Waals surface area contributed by atoms with Crippen LogP contribution in [-0.4, -0.2) is 9.97 Å². The number of benzene rings is 3. The van der Waals surface area contributed by atoms with Gasteiger partial charge in [-0.3, -0.25) is 9.78 Å². The highest BCUT2D eigenvalue weighted by molar-refractivity contribution is 5.74. The molecule has 5 rings (SSSR count). The minimum absolute atomic E-state index is 0.00792. The molecule has 2 N–H and O–H groups in total. The van der Waals surface area contributed by atoms with E-state index in [-0.39, 0.29) is 11.0 Å². The van der Waals surface area contributed by atoms with Gasteiger partial charge in [0, 0.05) is 11.8 Å². The van der Waals surface area contributed by atoms with E-state index in [0.717, 1.165) is 0 Å². The molecule has 1 aliphatic rings. The summed E-state index contributed by atoms with van der Waals surface area (Å²) in [4.78, 5) is 25.3. The first-order valence-electron chi connectivity index (χ1n) is 9.13. The summed E-state index contributed by atoms with van der Waals surface area (Å²) in [7, 11) is 0. The monoisotopic (exact) mass is 368 g/mol. The highest BCUT2D eigenvalue weighted by Gasteiger charge is 2.52. The van der Waals surface area contributed by atoms with Crippen LogP contribution >= 0.6 is 0 Å². The largest absolute Gasteiger partial charge is 0.325 e. The summed E-state index contributed by atoms with van der Waals surface area (Å²) in [5.74, 6) is 0. The highest BCUT2D eigenvalue weighted by Crippen LogP contribution is 2.58. The second-order valence-electron chi connectivity index (χ2n) is 6.78. The predicted molar refractivity (Wildman–Crippen MR) is 111 cm³/mol. The van der Waals surface area contributed by atoms with E-state index in [9.17, 15) is 9.59 Å². The van der Waals surface area contributed by atoms with Crippen LogP contribution in [0.25, 0.3) is 0 Å². The van der Waals surface area contributed by atoms with Gasteiger partial charge in [0.2, 0.25) is 0 Å². The maximum Gasteiger partial charge on any atom is 0.325 e. The third-order valence-corrected chi connectivity index (χ3v) is 5.09. The van der Waals surface area contributed by atoms with Crippen molar-refractivity contribution >= 4 is 0 Å². The van der Waals surface area contributed by atoms with Crippen LogP contribution in [0.3, 0.4) is 0 Å². The summed E-state index contributed by atoms with van der Waals surface area (Å²) in [6, 6.07) is 30.3. The van der Waals surface area contributed by atoms with Gasteiger partial charge in [-0.05, 0) is 29.2 Å². The number of aryl methyl sites for hydroxylation is 1. The number of aromatic nitrogens is 2. The van der Waals surface area contributed by atoms with E-state index in [1.165, 1.54) is 28.5 Å². The van der Waals surface area contributed by atoms with Gasteiger partial charge in [-0.1, -0.05) is 84.9 Å². The van der Waals surface area contributed by atoms with Gasteiger partial charge < -0.3 is 4.98 Å². The number of rotatable bonds is 2. The Kier molecular flexibility index (Phi) is 4.53. The standard InChI is InChI=1S/C19H14.C5H6N2O2/c1-3-9-15(10-4-1)19(16-11-5-2-6-12-16)17-13-7-8-14-18(17)19;1-3-2-6-5(9)7-4(3)8/h1-14H;2H,1H3,(H2,6,7,8,9). The molecule has 0 fully saturated rings. The first kappa shape index (κ1) is 17.7. The van der Waals surface area contributed by atoms with Crippen molar-refractivity contribution in [1.82, 2.24) is 9.97 Å². The molecule has 0 bridgehead atoms.